The first-order chi connectivity index (χ1) is 15.7. The number of thioether (sulfide) groups is 1. The van der Waals surface area contributed by atoms with Crippen LogP contribution in [-0.4, -0.2) is 37.4 Å². The summed E-state index contributed by atoms with van der Waals surface area (Å²) in [6.07, 6.45) is 0.0853. The smallest absolute Gasteiger partial charge is 0.335 e. The number of carboxylic acid groups (broad SMARTS) is 1. The van der Waals surface area contributed by atoms with Crippen LogP contribution in [0.15, 0.2) is 53.7 Å². The Bertz CT molecular complexity index is 1400. The zero-order valence-corrected chi connectivity index (χ0v) is 19.6. The van der Waals surface area contributed by atoms with Gasteiger partial charge in [-0.1, -0.05) is 53.2 Å². The summed E-state index contributed by atoms with van der Waals surface area (Å²) in [5, 5.41) is 20.2. The number of Topliss-reactive ketones (excluding diaryl/α,β-unsaturated/α-hetero) is 1. The average Bonchev–Trinajstić information content (AvgIpc) is 3.14. The number of carbonyl (C=O) groups is 2. The van der Waals surface area contributed by atoms with Crippen LogP contribution in [0.3, 0.4) is 0 Å². The first-order valence-corrected chi connectivity index (χ1v) is 11.5. The van der Waals surface area contributed by atoms with Gasteiger partial charge in [0, 0.05) is 16.8 Å². The van der Waals surface area contributed by atoms with E-state index in [4.69, 9.17) is 22.4 Å². The number of aromatic carboxylic acids is 1. The van der Waals surface area contributed by atoms with Crippen molar-refractivity contribution in [3.63, 3.8) is 0 Å². The molecule has 3 aromatic carbocycles. The summed E-state index contributed by atoms with van der Waals surface area (Å²) in [7, 11) is 0. The van der Waals surface area contributed by atoms with E-state index in [9.17, 15) is 9.59 Å². The van der Waals surface area contributed by atoms with Gasteiger partial charge in [-0.05, 0) is 54.6 Å². The van der Waals surface area contributed by atoms with Crippen LogP contribution in [-0.2, 0) is 11.2 Å². The second-order valence-corrected chi connectivity index (χ2v) is 9.09. The fourth-order valence-corrected chi connectivity index (χ4v) is 4.68. The number of nitrogens with zero attached hydrogens (tertiary/aromatic N) is 3. The lowest BCUT2D eigenvalue weighted by molar-refractivity contribution is -0.116. The number of nitrogen functional groups attached to an aromatic ring is 1. The summed E-state index contributed by atoms with van der Waals surface area (Å²) >= 11 is 7.40. The Kier molecular flexibility index (Phi) is 6.40. The van der Waals surface area contributed by atoms with Crippen LogP contribution in [0.25, 0.3) is 16.5 Å². The summed E-state index contributed by atoms with van der Waals surface area (Å²) in [6.45, 7) is 4.09. The number of anilines is 1. The number of benzene rings is 3. The lowest BCUT2D eigenvalue weighted by atomic mass is 10.0. The highest BCUT2D eigenvalue weighted by molar-refractivity contribution is 7.99. The molecule has 4 aromatic rings. The lowest BCUT2D eigenvalue weighted by Gasteiger charge is -2.13. The molecule has 9 heteroatoms. The minimum Gasteiger partial charge on any atom is -0.478 e. The highest BCUT2D eigenvalue weighted by Gasteiger charge is 2.17. The van der Waals surface area contributed by atoms with Crippen molar-refractivity contribution in [2.24, 2.45) is 0 Å². The van der Waals surface area contributed by atoms with Crippen molar-refractivity contribution in [2.45, 2.75) is 25.4 Å². The number of fused-ring (bicyclic) bond motifs is 1. The molecule has 33 heavy (non-hydrogen) atoms. The third-order valence-corrected chi connectivity index (χ3v) is 6.66. The Balaban J connectivity index is 1.57. The number of hydrogen-bond acceptors (Lipinski definition) is 6. The first-order valence-electron chi connectivity index (χ1n) is 10.1. The van der Waals surface area contributed by atoms with Crippen LogP contribution in [0.4, 0.5) is 5.95 Å². The molecule has 0 unspecified atom stereocenters. The minimum atomic E-state index is -1.07. The molecule has 0 bridgehead atoms. The molecule has 0 aliphatic heterocycles. The summed E-state index contributed by atoms with van der Waals surface area (Å²) in [6, 6.07) is 14.6. The van der Waals surface area contributed by atoms with Gasteiger partial charge in [0.15, 0.2) is 5.16 Å². The molecular formula is C24H21ClN4O3S. The van der Waals surface area contributed by atoms with Crippen molar-refractivity contribution in [3.05, 3.63) is 75.8 Å². The molecule has 1 heterocycles. The van der Waals surface area contributed by atoms with E-state index in [1.54, 1.807) is 10.6 Å². The second kappa shape index (κ2) is 9.25. The maximum atomic E-state index is 12.6. The third-order valence-electron chi connectivity index (χ3n) is 5.32. The summed E-state index contributed by atoms with van der Waals surface area (Å²) < 4.78 is 1.76. The largest absolute Gasteiger partial charge is 0.478 e. The van der Waals surface area contributed by atoms with Crippen molar-refractivity contribution >= 4 is 51.8 Å². The van der Waals surface area contributed by atoms with Gasteiger partial charge < -0.3 is 10.8 Å². The van der Waals surface area contributed by atoms with E-state index in [0.29, 0.717) is 10.7 Å². The van der Waals surface area contributed by atoms with Gasteiger partial charge in [-0.15, -0.1) is 10.2 Å². The van der Waals surface area contributed by atoms with Crippen molar-refractivity contribution < 1.29 is 14.7 Å². The standard InChI is InChI=1S/C24H21ClN4O3S/c1-13-3-7-18-14(2)4-8-21(19(18)9-13)29-23(26)27-28-24(29)33-12-17(30)10-15-5-6-16(22(31)32)11-20(15)25/h3-9,11H,10,12H2,1-2H3,(H2,26,27)(H,31,32). The quantitative estimate of drug-likeness (QED) is 0.363. The van der Waals surface area contributed by atoms with Crippen LogP contribution >= 0.6 is 23.4 Å². The Morgan fingerprint density at radius 1 is 1.06 bits per heavy atom. The molecule has 0 aliphatic carbocycles. The average molecular weight is 481 g/mol. The molecule has 168 valence electrons. The number of aryl methyl sites for hydroxylation is 2. The third kappa shape index (κ3) is 4.72. The Hall–Kier alpha value is -3.36. The molecule has 0 saturated carbocycles. The molecule has 1 aromatic heterocycles. The van der Waals surface area contributed by atoms with Gasteiger partial charge in [0.25, 0.3) is 0 Å². The van der Waals surface area contributed by atoms with E-state index in [1.807, 2.05) is 19.1 Å². The van der Waals surface area contributed by atoms with E-state index in [-0.39, 0.29) is 34.5 Å². The van der Waals surface area contributed by atoms with Crippen LogP contribution in [0, 0.1) is 13.8 Å². The van der Waals surface area contributed by atoms with E-state index in [2.05, 4.69) is 35.3 Å². The predicted molar refractivity (Wildman–Crippen MR) is 131 cm³/mol. The van der Waals surface area contributed by atoms with Gasteiger partial charge in [0.1, 0.15) is 5.78 Å². The number of aromatic nitrogens is 3. The van der Waals surface area contributed by atoms with Gasteiger partial charge >= 0.3 is 5.97 Å². The van der Waals surface area contributed by atoms with Crippen LogP contribution in [0.5, 0.6) is 0 Å². The van der Waals surface area contributed by atoms with Gasteiger partial charge in [-0.3, -0.25) is 9.36 Å². The maximum Gasteiger partial charge on any atom is 0.335 e. The van der Waals surface area contributed by atoms with Gasteiger partial charge in [-0.2, -0.15) is 0 Å². The van der Waals surface area contributed by atoms with Crippen molar-refractivity contribution in [1.82, 2.24) is 14.8 Å². The van der Waals surface area contributed by atoms with Crippen molar-refractivity contribution in [1.29, 1.82) is 0 Å². The molecule has 4 rings (SSSR count). The SMILES string of the molecule is Cc1ccc2c(C)ccc(-n3c(N)nnc3SCC(=O)Cc3ccc(C(=O)O)cc3Cl)c2c1. The van der Waals surface area contributed by atoms with Crippen LogP contribution < -0.4 is 5.73 Å². The maximum absolute atomic E-state index is 12.6. The Labute approximate surface area is 199 Å². The van der Waals surface area contributed by atoms with E-state index in [0.717, 1.165) is 27.6 Å². The molecule has 0 radical (unpaired) electrons. The molecular weight excluding hydrogens is 460 g/mol. The molecule has 3 N–H and O–H groups in total. The lowest BCUT2D eigenvalue weighted by Crippen LogP contribution is -2.09. The predicted octanol–water partition coefficient (Wildman–Crippen LogP) is 4.88. The van der Waals surface area contributed by atoms with Crippen LogP contribution in [0.2, 0.25) is 5.02 Å². The fraction of sp³-hybridized carbons (Fsp3) is 0.167. The normalized spacial score (nSPS) is 11.1. The number of halogens is 1. The molecule has 0 atom stereocenters. The summed E-state index contributed by atoms with van der Waals surface area (Å²) in [5.74, 6) is -0.773. The van der Waals surface area contributed by atoms with Gasteiger partial charge in [0.05, 0.1) is 17.0 Å². The van der Waals surface area contributed by atoms with E-state index >= 15 is 0 Å². The van der Waals surface area contributed by atoms with Crippen LogP contribution in [0.1, 0.15) is 27.0 Å². The monoisotopic (exact) mass is 480 g/mol. The zero-order valence-electron chi connectivity index (χ0n) is 18.0. The highest BCUT2D eigenvalue weighted by atomic mass is 35.5. The number of hydrogen-bond donors (Lipinski definition) is 2. The molecule has 0 fully saturated rings. The van der Waals surface area contributed by atoms with Gasteiger partial charge in [0.2, 0.25) is 5.95 Å². The molecule has 0 aliphatic rings. The summed E-state index contributed by atoms with van der Waals surface area (Å²) in [4.78, 5) is 23.7. The van der Waals surface area contributed by atoms with Crippen molar-refractivity contribution in [2.75, 3.05) is 11.5 Å². The summed E-state index contributed by atoms with van der Waals surface area (Å²) in [5.41, 5.74) is 9.93. The first kappa shape index (κ1) is 22.8. The minimum absolute atomic E-state index is 0.0784. The molecule has 7 nitrogen and oxygen atoms in total. The Morgan fingerprint density at radius 3 is 2.58 bits per heavy atom. The highest BCUT2D eigenvalue weighted by Crippen LogP contribution is 2.31. The fourth-order valence-electron chi connectivity index (χ4n) is 3.63. The van der Waals surface area contributed by atoms with E-state index in [1.165, 1.54) is 23.9 Å². The topological polar surface area (TPSA) is 111 Å². The number of carboxylic acids is 1. The molecule has 0 spiro atoms. The Morgan fingerprint density at radius 2 is 1.85 bits per heavy atom. The van der Waals surface area contributed by atoms with Gasteiger partial charge in [-0.25, -0.2) is 4.79 Å². The number of rotatable bonds is 7. The molecule has 0 saturated heterocycles. The number of nitrogens with two attached hydrogens (primary N) is 1. The number of ketones is 1. The molecule has 0 amide bonds. The second-order valence-electron chi connectivity index (χ2n) is 7.74. The van der Waals surface area contributed by atoms with E-state index < -0.39 is 5.97 Å². The van der Waals surface area contributed by atoms with Crippen molar-refractivity contribution in [3.8, 4) is 5.69 Å². The number of carbonyl (C=O) groups excluding carboxylic acids is 1. The zero-order chi connectivity index (χ0) is 23.7.